The number of furan rings is 1. The van der Waals surface area contributed by atoms with E-state index in [1.165, 1.54) is 11.3 Å². The van der Waals surface area contributed by atoms with Crippen LogP contribution in [0.5, 0.6) is 5.75 Å². The number of anilines is 1. The fourth-order valence-corrected chi connectivity index (χ4v) is 5.25. The maximum Gasteiger partial charge on any atom is 0.295 e. The summed E-state index contributed by atoms with van der Waals surface area (Å²) in [7, 11) is 1.60. The van der Waals surface area contributed by atoms with E-state index in [2.05, 4.69) is 4.90 Å². The van der Waals surface area contributed by atoms with Crippen LogP contribution in [0, 0.1) is 6.92 Å². The third kappa shape index (κ3) is 4.90. The van der Waals surface area contributed by atoms with E-state index in [1.807, 2.05) is 43.3 Å². The number of para-hydroxylation sites is 2. The molecule has 1 aliphatic heterocycles. The van der Waals surface area contributed by atoms with Crippen LogP contribution in [0.2, 0.25) is 0 Å². The number of thiazole rings is 1. The zero-order valence-corrected chi connectivity index (χ0v) is 20.9. The number of amides is 1. The maximum atomic E-state index is 13.7. The number of aromatic nitrogens is 1. The van der Waals surface area contributed by atoms with Crippen molar-refractivity contribution >= 4 is 56.0 Å². The van der Waals surface area contributed by atoms with Crippen molar-refractivity contribution in [3.05, 3.63) is 53.8 Å². The molecule has 7 nitrogen and oxygen atoms in total. The number of hydrogen-bond donors (Lipinski definition) is 0. The number of nitrogens with zero attached hydrogens (tertiary/aromatic N) is 3. The molecule has 0 unspecified atom stereocenters. The fourth-order valence-electron chi connectivity index (χ4n) is 4.19. The van der Waals surface area contributed by atoms with Gasteiger partial charge in [0.15, 0.2) is 22.2 Å². The highest BCUT2D eigenvalue weighted by Crippen LogP contribution is 2.33. The van der Waals surface area contributed by atoms with Gasteiger partial charge in [-0.15, -0.1) is 12.4 Å². The van der Waals surface area contributed by atoms with E-state index in [-0.39, 0.29) is 24.1 Å². The van der Waals surface area contributed by atoms with Crippen molar-refractivity contribution in [3.63, 3.8) is 0 Å². The Morgan fingerprint density at radius 3 is 2.76 bits per heavy atom. The summed E-state index contributed by atoms with van der Waals surface area (Å²) < 4.78 is 17.9. The Morgan fingerprint density at radius 1 is 1.21 bits per heavy atom. The maximum absolute atomic E-state index is 13.7. The molecule has 4 aromatic rings. The number of hydrogen-bond acceptors (Lipinski definition) is 7. The lowest BCUT2D eigenvalue weighted by molar-refractivity contribution is 0.0376. The first-order valence-corrected chi connectivity index (χ1v) is 12.0. The quantitative estimate of drug-likeness (QED) is 0.349. The van der Waals surface area contributed by atoms with Gasteiger partial charge in [-0.2, -0.15) is 0 Å². The Hall–Kier alpha value is -2.65. The van der Waals surface area contributed by atoms with Gasteiger partial charge in [0.2, 0.25) is 0 Å². The Bertz CT molecular complexity index is 1280. The average Bonchev–Trinajstić information content (AvgIpc) is 3.47. The Labute approximate surface area is 208 Å². The van der Waals surface area contributed by atoms with E-state index in [0.29, 0.717) is 23.0 Å². The molecule has 1 fully saturated rings. The third-order valence-electron chi connectivity index (χ3n) is 5.98. The van der Waals surface area contributed by atoms with Crippen molar-refractivity contribution in [2.24, 2.45) is 0 Å². The van der Waals surface area contributed by atoms with Crippen molar-refractivity contribution in [1.29, 1.82) is 0 Å². The van der Waals surface area contributed by atoms with Crippen LogP contribution in [0.15, 0.2) is 46.9 Å². The minimum absolute atomic E-state index is 0. The SMILES string of the molecule is COc1cccc2cc(C(=O)N(CCCN3CCOCC3)c3nc4c(C)cccc4s3)oc12.Cl. The van der Waals surface area contributed by atoms with Crippen LogP contribution < -0.4 is 9.64 Å². The van der Waals surface area contributed by atoms with E-state index in [0.717, 1.165) is 60.4 Å². The molecule has 0 aliphatic carbocycles. The van der Waals surface area contributed by atoms with E-state index in [1.54, 1.807) is 18.1 Å². The highest BCUT2D eigenvalue weighted by molar-refractivity contribution is 7.22. The molecule has 0 N–H and O–H groups in total. The molecule has 0 bridgehead atoms. The second-order valence-electron chi connectivity index (χ2n) is 8.17. The molecule has 0 atom stereocenters. The van der Waals surface area contributed by atoms with Crippen molar-refractivity contribution in [2.45, 2.75) is 13.3 Å². The molecular weight excluding hydrogens is 474 g/mol. The number of carbonyl (C=O) groups excluding carboxylic acids is 1. The molecule has 2 aromatic heterocycles. The summed E-state index contributed by atoms with van der Waals surface area (Å²) in [6.07, 6.45) is 0.837. The second-order valence-corrected chi connectivity index (χ2v) is 9.18. The number of fused-ring (bicyclic) bond motifs is 2. The van der Waals surface area contributed by atoms with Gasteiger partial charge >= 0.3 is 0 Å². The number of ether oxygens (including phenoxy) is 2. The van der Waals surface area contributed by atoms with Gasteiger partial charge in [0.1, 0.15) is 0 Å². The van der Waals surface area contributed by atoms with E-state index in [9.17, 15) is 4.79 Å². The number of methoxy groups -OCH3 is 1. The molecule has 2 aromatic carbocycles. The van der Waals surface area contributed by atoms with E-state index < -0.39 is 0 Å². The van der Waals surface area contributed by atoms with Gasteiger partial charge in [-0.05, 0) is 37.1 Å². The Balaban J connectivity index is 0.00000274. The molecule has 3 heterocycles. The van der Waals surface area contributed by atoms with Crippen LogP contribution in [0.4, 0.5) is 5.13 Å². The molecule has 1 aliphatic rings. The van der Waals surface area contributed by atoms with Crippen molar-refractivity contribution in [3.8, 4) is 5.75 Å². The first-order chi connectivity index (χ1) is 16.1. The number of aryl methyl sites for hydroxylation is 1. The van der Waals surface area contributed by atoms with Gasteiger partial charge < -0.3 is 13.9 Å². The normalized spacial score (nSPS) is 14.3. The van der Waals surface area contributed by atoms with Crippen molar-refractivity contribution < 1.29 is 18.7 Å². The highest BCUT2D eigenvalue weighted by Gasteiger charge is 2.25. The smallest absolute Gasteiger partial charge is 0.295 e. The number of halogens is 1. The summed E-state index contributed by atoms with van der Waals surface area (Å²) in [5.74, 6) is 0.713. The fraction of sp³-hybridized carbons (Fsp3) is 0.360. The molecule has 5 rings (SSSR count). The molecule has 34 heavy (non-hydrogen) atoms. The first-order valence-electron chi connectivity index (χ1n) is 11.2. The van der Waals surface area contributed by atoms with Gasteiger partial charge in [0.05, 0.1) is 30.5 Å². The molecule has 0 radical (unpaired) electrons. The van der Waals surface area contributed by atoms with Crippen LogP contribution >= 0.6 is 23.7 Å². The molecule has 0 saturated carbocycles. The van der Waals surface area contributed by atoms with Crippen LogP contribution in [-0.2, 0) is 4.74 Å². The predicted molar refractivity (Wildman–Crippen MR) is 138 cm³/mol. The highest BCUT2D eigenvalue weighted by atomic mass is 35.5. The summed E-state index contributed by atoms with van der Waals surface area (Å²) in [4.78, 5) is 22.7. The van der Waals surface area contributed by atoms with Crippen LogP contribution in [-0.4, -0.2) is 62.3 Å². The van der Waals surface area contributed by atoms with Gasteiger partial charge in [-0.3, -0.25) is 14.6 Å². The lowest BCUT2D eigenvalue weighted by atomic mass is 10.2. The van der Waals surface area contributed by atoms with Crippen molar-refractivity contribution in [1.82, 2.24) is 9.88 Å². The number of morpholine rings is 1. The largest absolute Gasteiger partial charge is 0.493 e. The summed E-state index contributed by atoms with van der Waals surface area (Å²) in [5.41, 5.74) is 2.62. The number of benzene rings is 2. The summed E-state index contributed by atoms with van der Waals surface area (Å²) in [6.45, 7) is 6.90. The monoisotopic (exact) mass is 501 g/mol. The van der Waals surface area contributed by atoms with Gasteiger partial charge in [0.25, 0.3) is 5.91 Å². The predicted octanol–water partition coefficient (Wildman–Crippen LogP) is 5.15. The lowest BCUT2D eigenvalue weighted by Gasteiger charge is -2.27. The van der Waals surface area contributed by atoms with Crippen molar-refractivity contribution in [2.75, 3.05) is 51.4 Å². The number of carbonyl (C=O) groups is 1. The number of rotatable bonds is 7. The summed E-state index contributed by atoms with van der Waals surface area (Å²) >= 11 is 1.54. The standard InChI is InChI=1S/C25H27N3O4S.ClH/c1-17-6-3-9-21-22(17)26-25(33-21)28(11-5-10-27-12-14-31-15-13-27)24(29)20-16-18-7-4-8-19(30-2)23(18)32-20;/h3-4,6-9,16H,5,10-15H2,1-2H3;1H. The van der Waals surface area contributed by atoms with Crippen LogP contribution in [0.25, 0.3) is 21.2 Å². The molecule has 1 saturated heterocycles. The van der Waals surface area contributed by atoms with Crippen LogP contribution in [0.3, 0.4) is 0 Å². The van der Waals surface area contributed by atoms with Gasteiger partial charge in [-0.25, -0.2) is 4.98 Å². The first kappa shape index (κ1) is 24.5. The minimum Gasteiger partial charge on any atom is -0.493 e. The summed E-state index contributed by atoms with van der Waals surface area (Å²) in [5, 5.41) is 1.53. The lowest BCUT2D eigenvalue weighted by Crippen LogP contribution is -2.39. The molecule has 9 heteroatoms. The molecule has 0 spiro atoms. The summed E-state index contributed by atoms with van der Waals surface area (Å²) in [6, 6.07) is 13.5. The molecular formula is C25H28ClN3O4S. The molecule has 180 valence electrons. The minimum atomic E-state index is -0.188. The zero-order chi connectivity index (χ0) is 22.8. The third-order valence-corrected chi connectivity index (χ3v) is 7.03. The Kier molecular flexibility index (Phi) is 7.73. The topological polar surface area (TPSA) is 68.0 Å². The zero-order valence-electron chi connectivity index (χ0n) is 19.3. The van der Waals surface area contributed by atoms with Gasteiger partial charge in [0, 0.05) is 31.6 Å². The second kappa shape index (κ2) is 10.7. The average molecular weight is 502 g/mol. The van der Waals surface area contributed by atoms with E-state index in [4.69, 9.17) is 18.9 Å². The van der Waals surface area contributed by atoms with E-state index >= 15 is 0 Å². The van der Waals surface area contributed by atoms with Crippen LogP contribution in [0.1, 0.15) is 22.5 Å². The Morgan fingerprint density at radius 2 is 2.00 bits per heavy atom. The van der Waals surface area contributed by atoms with Gasteiger partial charge in [-0.1, -0.05) is 35.6 Å². The molecule has 1 amide bonds.